The summed E-state index contributed by atoms with van der Waals surface area (Å²) in [7, 11) is 0. The smallest absolute Gasteiger partial charge is 0.141 e. The lowest BCUT2D eigenvalue weighted by atomic mass is 10.1. The first-order valence-electron chi connectivity index (χ1n) is 6.02. The maximum Gasteiger partial charge on any atom is 0.141 e. The first-order chi connectivity index (χ1) is 9.10. The molecule has 0 spiro atoms. The highest BCUT2D eigenvalue weighted by molar-refractivity contribution is 9.11. The number of benzene rings is 2. The van der Waals surface area contributed by atoms with Crippen LogP contribution in [0.5, 0.6) is 11.5 Å². The van der Waals surface area contributed by atoms with E-state index >= 15 is 0 Å². The minimum Gasteiger partial charge on any atom is -0.456 e. The van der Waals surface area contributed by atoms with Crippen LogP contribution >= 0.6 is 31.9 Å². The molecule has 2 N–H and O–H groups in total. The summed E-state index contributed by atoms with van der Waals surface area (Å²) in [5.41, 5.74) is 8.06. The van der Waals surface area contributed by atoms with Crippen LogP contribution in [0.3, 0.4) is 0 Å². The van der Waals surface area contributed by atoms with E-state index in [2.05, 4.69) is 44.8 Å². The molecule has 0 amide bonds. The number of rotatable bonds is 4. The summed E-state index contributed by atoms with van der Waals surface area (Å²) in [5.74, 6) is 1.63. The number of aryl methyl sites for hydroxylation is 1. The normalized spacial score (nSPS) is 10.5. The second-order valence-electron chi connectivity index (χ2n) is 4.30. The van der Waals surface area contributed by atoms with E-state index in [1.54, 1.807) is 0 Å². The molecular formula is C15H15Br2NO. The maximum atomic E-state index is 5.88. The molecule has 0 bridgehead atoms. The topological polar surface area (TPSA) is 35.2 Å². The zero-order valence-electron chi connectivity index (χ0n) is 10.6. The zero-order chi connectivity index (χ0) is 13.8. The van der Waals surface area contributed by atoms with Crippen molar-refractivity contribution in [3.63, 3.8) is 0 Å². The zero-order valence-corrected chi connectivity index (χ0v) is 13.8. The van der Waals surface area contributed by atoms with E-state index in [0.717, 1.165) is 26.9 Å². The van der Waals surface area contributed by atoms with Gasteiger partial charge in [-0.1, -0.05) is 22.0 Å². The van der Waals surface area contributed by atoms with Gasteiger partial charge in [-0.3, -0.25) is 0 Å². The van der Waals surface area contributed by atoms with Crippen molar-refractivity contribution in [1.29, 1.82) is 0 Å². The Kier molecular flexibility index (Phi) is 5.02. The van der Waals surface area contributed by atoms with Gasteiger partial charge >= 0.3 is 0 Å². The molecule has 0 atom stereocenters. The van der Waals surface area contributed by atoms with Gasteiger partial charge in [0.15, 0.2) is 0 Å². The van der Waals surface area contributed by atoms with Crippen LogP contribution in [0.4, 0.5) is 0 Å². The fourth-order valence-electron chi connectivity index (χ4n) is 1.85. The Balaban J connectivity index is 2.21. The standard InChI is InChI=1S/C15H15Br2NO/c1-10-8-13(4-2-11(10)6-7-18)19-15-5-3-12(16)9-14(15)17/h2-5,8-9H,6-7,18H2,1H3. The van der Waals surface area contributed by atoms with Gasteiger partial charge in [0.1, 0.15) is 11.5 Å². The second-order valence-corrected chi connectivity index (χ2v) is 6.07. The lowest BCUT2D eigenvalue weighted by Crippen LogP contribution is -2.04. The molecule has 2 aromatic rings. The van der Waals surface area contributed by atoms with Gasteiger partial charge in [0.05, 0.1) is 4.47 Å². The summed E-state index contributed by atoms with van der Waals surface area (Å²) in [4.78, 5) is 0. The average molecular weight is 385 g/mol. The minimum atomic E-state index is 0.666. The van der Waals surface area contributed by atoms with E-state index in [9.17, 15) is 0 Å². The van der Waals surface area contributed by atoms with Gasteiger partial charge in [0, 0.05) is 4.47 Å². The van der Waals surface area contributed by atoms with Gasteiger partial charge in [0.2, 0.25) is 0 Å². The van der Waals surface area contributed by atoms with E-state index in [4.69, 9.17) is 10.5 Å². The van der Waals surface area contributed by atoms with Gasteiger partial charge < -0.3 is 10.5 Å². The van der Waals surface area contributed by atoms with Gasteiger partial charge in [-0.15, -0.1) is 0 Å². The molecule has 4 heteroatoms. The van der Waals surface area contributed by atoms with Gasteiger partial charge in [-0.05, 0) is 77.3 Å². The number of ether oxygens (including phenoxy) is 1. The summed E-state index contributed by atoms with van der Waals surface area (Å²) in [6, 6.07) is 11.9. The van der Waals surface area contributed by atoms with E-state index < -0.39 is 0 Å². The number of halogens is 2. The fourth-order valence-corrected chi connectivity index (χ4v) is 2.98. The molecule has 0 saturated carbocycles. The molecule has 2 aromatic carbocycles. The highest BCUT2D eigenvalue weighted by Crippen LogP contribution is 2.32. The monoisotopic (exact) mass is 383 g/mol. The second kappa shape index (κ2) is 6.55. The predicted octanol–water partition coefficient (Wildman–Crippen LogP) is 4.81. The molecule has 19 heavy (non-hydrogen) atoms. The van der Waals surface area contributed by atoms with Crippen LogP contribution in [0.1, 0.15) is 11.1 Å². The third-order valence-corrected chi connectivity index (χ3v) is 3.96. The predicted molar refractivity (Wildman–Crippen MR) is 85.9 cm³/mol. The largest absolute Gasteiger partial charge is 0.456 e. The van der Waals surface area contributed by atoms with Crippen LogP contribution in [-0.4, -0.2) is 6.54 Å². The van der Waals surface area contributed by atoms with Crippen molar-refractivity contribution in [2.45, 2.75) is 13.3 Å². The Morgan fingerprint density at radius 3 is 2.53 bits per heavy atom. The summed E-state index contributed by atoms with van der Waals surface area (Å²) in [6.45, 7) is 2.74. The molecule has 0 radical (unpaired) electrons. The van der Waals surface area contributed by atoms with Crippen LogP contribution in [0.15, 0.2) is 45.3 Å². The molecule has 2 rings (SSSR count). The van der Waals surface area contributed by atoms with Crippen LogP contribution in [0.25, 0.3) is 0 Å². The van der Waals surface area contributed by atoms with Crippen molar-refractivity contribution in [2.24, 2.45) is 5.73 Å². The highest BCUT2D eigenvalue weighted by Gasteiger charge is 2.05. The Bertz CT molecular complexity index is 584. The van der Waals surface area contributed by atoms with Crippen molar-refractivity contribution in [3.05, 3.63) is 56.5 Å². The highest BCUT2D eigenvalue weighted by atomic mass is 79.9. The van der Waals surface area contributed by atoms with E-state index in [1.807, 2.05) is 30.3 Å². The summed E-state index contributed by atoms with van der Waals surface area (Å²) < 4.78 is 7.82. The van der Waals surface area contributed by atoms with E-state index in [1.165, 1.54) is 11.1 Å². The van der Waals surface area contributed by atoms with Crippen molar-refractivity contribution in [2.75, 3.05) is 6.54 Å². The SMILES string of the molecule is Cc1cc(Oc2ccc(Br)cc2Br)ccc1CCN. The van der Waals surface area contributed by atoms with E-state index in [-0.39, 0.29) is 0 Å². The molecule has 2 nitrogen and oxygen atoms in total. The molecule has 0 saturated heterocycles. The third kappa shape index (κ3) is 3.81. The first-order valence-corrected chi connectivity index (χ1v) is 7.61. The quantitative estimate of drug-likeness (QED) is 0.820. The number of hydrogen-bond acceptors (Lipinski definition) is 2. The molecule has 0 aliphatic carbocycles. The number of hydrogen-bond donors (Lipinski definition) is 1. The first kappa shape index (κ1) is 14.6. The van der Waals surface area contributed by atoms with Gasteiger partial charge in [-0.2, -0.15) is 0 Å². The summed E-state index contributed by atoms with van der Waals surface area (Å²) >= 11 is 6.91. The summed E-state index contributed by atoms with van der Waals surface area (Å²) in [6.07, 6.45) is 0.897. The van der Waals surface area contributed by atoms with Crippen LogP contribution < -0.4 is 10.5 Å². The Hall–Kier alpha value is -0.840. The molecule has 0 unspecified atom stereocenters. The fraction of sp³-hybridized carbons (Fsp3) is 0.200. The maximum absolute atomic E-state index is 5.88. The van der Waals surface area contributed by atoms with Crippen molar-refractivity contribution in [1.82, 2.24) is 0 Å². The molecule has 0 aromatic heterocycles. The van der Waals surface area contributed by atoms with Crippen molar-refractivity contribution >= 4 is 31.9 Å². The molecule has 0 fully saturated rings. The average Bonchev–Trinajstić information content (AvgIpc) is 2.36. The Morgan fingerprint density at radius 1 is 1.11 bits per heavy atom. The van der Waals surface area contributed by atoms with Crippen molar-refractivity contribution in [3.8, 4) is 11.5 Å². The Labute approximate surface area is 130 Å². The van der Waals surface area contributed by atoms with Crippen molar-refractivity contribution < 1.29 is 4.74 Å². The molecule has 0 aliphatic rings. The van der Waals surface area contributed by atoms with Gasteiger partial charge in [0.25, 0.3) is 0 Å². The molecule has 0 aliphatic heterocycles. The molecular weight excluding hydrogens is 370 g/mol. The van der Waals surface area contributed by atoms with Crippen LogP contribution in [0.2, 0.25) is 0 Å². The summed E-state index contributed by atoms with van der Waals surface area (Å²) in [5, 5.41) is 0. The van der Waals surface area contributed by atoms with Crippen LogP contribution in [-0.2, 0) is 6.42 Å². The van der Waals surface area contributed by atoms with Crippen LogP contribution in [0, 0.1) is 6.92 Å². The lowest BCUT2D eigenvalue weighted by Gasteiger charge is -2.11. The Morgan fingerprint density at radius 2 is 1.89 bits per heavy atom. The molecule has 0 heterocycles. The van der Waals surface area contributed by atoms with Gasteiger partial charge in [-0.25, -0.2) is 0 Å². The molecule has 100 valence electrons. The minimum absolute atomic E-state index is 0.666. The third-order valence-electron chi connectivity index (χ3n) is 2.85. The van der Waals surface area contributed by atoms with E-state index in [0.29, 0.717) is 6.54 Å². The lowest BCUT2D eigenvalue weighted by molar-refractivity contribution is 0.479. The number of nitrogens with two attached hydrogens (primary N) is 1.